The van der Waals surface area contributed by atoms with E-state index in [-0.39, 0.29) is 12.5 Å². The molecule has 0 saturated heterocycles. The molecule has 0 spiro atoms. The van der Waals surface area contributed by atoms with Gasteiger partial charge in [0.05, 0.1) is 6.54 Å². The van der Waals surface area contributed by atoms with Gasteiger partial charge in [-0.25, -0.2) is 9.97 Å². The number of rotatable bonds is 5. The first kappa shape index (κ1) is 17.1. The Bertz CT molecular complexity index is 906. The maximum absolute atomic E-state index is 11.3. The molecule has 7 heteroatoms. The van der Waals surface area contributed by atoms with E-state index in [1.54, 1.807) is 4.68 Å². The normalized spacial score (nSPS) is 10.7. The largest absolute Gasteiger partial charge is 0.349 e. The summed E-state index contributed by atoms with van der Waals surface area (Å²) < 4.78 is 1.67. The molecular weight excluding hydrogens is 338 g/mol. The van der Waals surface area contributed by atoms with E-state index >= 15 is 0 Å². The maximum atomic E-state index is 11.3. The van der Waals surface area contributed by atoms with Gasteiger partial charge in [-0.05, 0) is 36.8 Å². The second kappa shape index (κ2) is 7.44. The average Bonchev–Trinajstić information content (AvgIpc) is 2.96. The van der Waals surface area contributed by atoms with Crippen molar-refractivity contribution in [3.63, 3.8) is 0 Å². The fourth-order valence-corrected chi connectivity index (χ4v) is 2.66. The minimum absolute atomic E-state index is 0.122. The van der Waals surface area contributed by atoms with Crippen LogP contribution in [-0.4, -0.2) is 25.7 Å². The first-order valence-electron chi connectivity index (χ1n) is 7.89. The molecule has 0 aliphatic heterocycles. The second-order valence-electron chi connectivity index (χ2n) is 5.71. The number of aromatic nitrogens is 4. The van der Waals surface area contributed by atoms with Gasteiger partial charge in [-0.1, -0.05) is 29.8 Å². The number of benzene rings is 1. The first-order valence-corrected chi connectivity index (χ1v) is 8.27. The summed E-state index contributed by atoms with van der Waals surface area (Å²) >= 11 is 6.04. The molecule has 2 heterocycles. The van der Waals surface area contributed by atoms with E-state index in [0.717, 1.165) is 11.3 Å². The van der Waals surface area contributed by atoms with E-state index in [0.29, 0.717) is 28.9 Å². The molecule has 0 atom stereocenters. The van der Waals surface area contributed by atoms with Crippen molar-refractivity contribution in [3.8, 4) is 5.82 Å². The van der Waals surface area contributed by atoms with Crippen LogP contribution in [0.4, 0.5) is 0 Å². The van der Waals surface area contributed by atoms with E-state index in [9.17, 15) is 4.79 Å². The summed E-state index contributed by atoms with van der Waals surface area (Å²) in [4.78, 5) is 20.3. The zero-order chi connectivity index (χ0) is 17.8. The van der Waals surface area contributed by atoms with Crippen LogP contribution in [0.15, 0.2) is 42.5 Å². The monoisotopic (exact) mass is 355 g/mol. The highest BCUT2D eigenvalue weighted by molar-refractivity contribution is 6.30. The Hall–Kier alpha value is -2.73. The van der Waals surface area contributed by atoms with E-state index in [2.05, 4.69) is 20.4 Å². The van der Waals surface area contributed by atoms with Crippen LogP contribution in [0.25, 0.3) is 5.82 Å². The average molecular weight is 356 g/mol. The summed E-state index contributed by atoms with van der Waals surface area (Å²) in [6, 6.07) is 13.3. The highest BCUT2D eigenvalue weighted by Gasteiger charge is 2.13. The van der Waals surface area contributed by atoms with Crippen molar-refractivity contribution in [1.82, 2.24) is 25.1 Å². The summed E-state index contributed by atoms with van der Waals surface area (Å²) in [6.07, 6.45) is 0.548. The molecule has 0 bridgehead atoms. The van der Waals surface area contributed by atoms with Crippen LogP contribution >= 0.6 is 11.6 Å². The fourth-order valence-electron chi connectivity index (χ4n) is 2.44. The van der Waals surface area contributed by atoms with Gasteiger partial charge in [0.15, 0.2) is 17.5 Å². The molecule has 25 heavy (non-hydrogen) atoms. The smallest absolute Gasteiger partial charge is 0.217 e. The summed E-state index contributed by atoms with van der Waals surface area (Å²) in [5.41, 5.74) is 1.91. The summed E-state index contributed by atoms with van der Waals surface area (Å²) in [7, 11) is 0. The number of carbonyl (C=O) groups excluding carboxylic acids is 1. The molecule has 0 radical (unpaired) electrons. The van der Waals surface area contributed by atoms with Gasteiger partial charge in [0, 0.05) is 24.1 Å². The molecule has 1 amide bonds. The number of aryl methyl sites for hydroxylation is 1. The number of hydrogen-bond acceptors (Lipinski definition) is 4. The molecule has 6 nitrogen and oxygen atoms in total. The number of hydrogen-bond donors (Lipinski definition) is 1. The quantitative estimate of drug-likeness (QED) is 0.763. The summed E-state index contributed by atoms with van der Waals surface area (Å²) in [6.45, 7) is 3.67. The second-order valence-corrected chi connectivity index (χ2v) is 6.15. The van der Waals surface area contributed by atoms with Crippen LogP contribution < -0.4 is 5.32 Å². The number of amides is 1. The highest BCUT2D eigenvalue weighted by atomic mass is 35.5. The first-order chi connectivity index (χ1) is 12.0. The van der Waals surface area contributed by atoms with E-state index < -0.39 is 0 Å². The van der Waals surface area contributed by atoms with Gasteiger partial charge >= 0.3 is 0 Å². The Morgan fingerprint density at radius 3 is 2.72 bits per heavy atom. The molecule has 3 aromatic rings. The third kappa shape index (κ3) is 4.42. The van der Waals surface area contributed by atoms with Crippen LogP contribution in [0.5, 0.6) is 0 Å². The van der Waals surface area contributed by atoms with Gasteiger partial charge in [0.1, 0.15) is 0 Å². The predicted octanol–water partition coefficient (Wildman–Crippen LogP) is 2.85. The number of nitrogens with zero attached hydrogens (tertiary/aromatic N) is 4. The topological polar surface area (TPSA) is 72.7 Å². The zero-order valence-corrected chi connectivity index (χ0v) is 14.8. The number of halogens is 1. The van der Waals surface area contributed by atoms with E-state index in [1.807, 2.05) is 49.4 Å². The minimum atomic E-state index is -0.122. The van der Waals surface area contributed by atoms with Crippen LogP contribution in [0.1, 0.15) is 29.8 Å². The fraction of sp³-hybridized carbons (Fsp3) is 0.222. The lowest BCUT2D eigenvalue weighted by molar-refractivity contribution is -0.119. The van der Waals surface area contributed by atoms with Gasteiger partial charge in [0.2, 0.25) is 5.91 Å². The molecule has 0 fully saturated rings. The molecule has 128 valence electrons. The van der Waals surface area contributed by atoms with Gasteiger partial charge in [-0.3, -0.25) is 4.79 Å². The van der Waals surface area contributed by atoms with E-state index in [4.69, 9.17) is 11.6 Å². The van der Waals surface area contributed by atoms with Crippen molar-refractivity contribution >= 4 is 17.5 Å². The molecule has 1 aromatic carbocycles. The summed E-state index contributed by atoms with van der Waals surface area (Å²) in [5, 5.41) is 8.01. The molecular formula is C18H18ClN5O. The van der Waals surface area contributed by atoms with Gasteiger partial charge in [-0.15, -0.1) is 5.10 Å². The van der Waals surface area contributed by atoms with Crippen molar-refractivity contribution < 1.29 is 4.79 Å². The van der Waals surface area contributed by atoms with Gasteiger partial charge < -0.3 is 5.32 Å². The lowest BCUT2D eigenvalue weighted by Gasteiger charge is -2.05. The zero-order valence-electron chi connectivity index (χ0n) is 14.0. The van der Waals surface area contributed by atoms with Crippen LogP contribution in [-0.2, 0) is 17.8 Å². The number of carbonyl (C=O) groups is 1. The minimum Gasteiger partial charge on any atom is -0.349 e. The Morgan fingerprint density at radius 2 is 2.00 bits per heavy atom. The van der Waals surface area contributed by atoms with Crippen LogP contribution in [0.2, 0.25) is 5.02 Å². The van der Waals surface area contributed by atoms with Crippen molar-refractivity contribution in [2.75, 3.05) is 0 Å². The third-order valence-corrected chi connectivity index (χ3v) is 3.79. The summed E-state index contributed by atoms with van der Waals surface area (Å²) in [5.74, 6) is 1.82. The van der Waals surface area contributed by atoms with Crippen LogP contribution in [0, 0.1) is 6.92 Å². The lowest BCUT2D eigenvalue weighted by atomic mass is 10.1. The Kier molecular flexibility index (Phi) is 5.09. The van der Waals surface area contributed by atoms with E-state index in [1.165, 1.54) is 6.92 Å². The highest BCUT2D eigenvalue weighted by Crippen LogP contribution is 2.15. The van der Waals surface area contributed by atoms with Gasteiger partial charge in [0.25, 0.3) is 0 Å². The lowest BCUT2D eigenvalue weighted by Crippen LogP contribution is -2.21. The molecule has 0 aliphatic carbocycles. The molecule has 0 saturated carbocycles. The third-order valence-electron chi connectivity index (χ3n) is 3.56. The molecule has 1 N–H and O–H groups in total. The predicted molar refractivity (Wildman–Crippen MR) is 95.7 cm³/mol. The number of pyridine rings is 1. The Labute approximate surface area is 150 Å². The maximum Gasteiger partial charge on any atom is 0.217 e. The van der Waals surface area contributed by atoms with Crippen molar-refractivity contribution in [3.05, 3.63) is 70.4 Å². The molecule has 0 aliphatic rings. The van der Waals surface area contributed by atoms with Crippen molar-refractivity contribution in [2.45, 2.75) is 26.8 Å². The SMILES string of the molecule is CC(=O)NCc1nc(Cc2cccc(Cl)c2)nn1-c1cccc(C)n1. The number of nitrogens with one attached hydrogen (secondary N) is 1. The van der Waals surface area contributed by atoms with Crippen LogP contribution in [0.3, 0.4) is 0 Å². The van der Waals surface area contributed by atoms with Crippen molar-refractivity contribution in [1.29, 1.82) is 0 Å². The molecule has 2 aromatic heterocycles. The standard InChI is InChI=1S/C18H18ClN5O/c1-12-5-3-8-17(21-12)24-18(11-20-13(2)25)22-16(23-24)10-14-6-4-7-15(19)9-14/h3-9H,10-11H2,1-2H3,(H,20,25). The molecule has 0 unspecified atom stereocenters. The molecule has 3 rings (SSSR count). The van der Waals surface area contributed by atoms with Crippen molar-refractivity contribution in [2.24, 2.45) is 0 Å². The Balaban J connectivity index is 1.94. The van der Waals surface area contributed by atoms with Gasteiger partial charge in [-0.2, -0.15) is 4.68 Å². The Morgan fingerprint density at radius 1 is 1.20 bits per heavy atom.